The zero-order valence-electron chi connectivity index (χ0n) is 25.0. The van der Waals surface area contributed by atoms with E-state index < -0.39 is 95.1 Å². The molecule has 0 aromatic rings. The summed E-state index contributed by atoms with van der Waals surface area (Å²) in [4.78, 5) is 59.6. The summed E-state index contributed by atoms with van der Waals surface area (Å²) in [6.45, 7) is 10.8. The number of carbonyl (C=O) groups excluding carboxylic acids is 5. The highest BCUT2D eigenvalue weighted by Crippen LogP contribution is 2.59. The number of ether oxygens (including phenoxy) is 5. The number of alkyl halides is 6. The lowest BCUT2D eigenvalue weighted by Crippen LogP contribution is -2.50. The van der Waals surface area contributed by atoms with Crippen molar-refractivity contribution in [1.29, 1.82) is 0 Å². The predicted molar refractivity (Wildman–Crippen MR) is 134 cm³/mol. The van der Waals surface area contributed by atoms with E-state index in [0.29, 0.717) is 25.9 Å². The molecule has 2 heterocycles. The summed E-state index contributed by atoms with van der Waals surface area (Å²) >= 11 is 0. The first kappa shape index (κ1) is 35.4. The maximum atomic E-state index is 12.8. The Morgan fingerprint density at radius 3 is 1.82 bits per heavy atom. The van der Waals surface area contributed by atoms with Crippen LogP contribution in [-0.4, -0.2) is 73.2 Å². The smallest absolute Gasteiger partial charge is 0.434 e. The molecular formula is C28H36F6O10. The Kier molecular flexibility index (Phi) is 9.96. The van der Waals surface area contributed by atoms with Crippen molar-refractivity contribution >= 4 is 29.8 Å². The molecular weight excluding hydrogens is 610 g/mol. The average molecular weight is 647 g/mol. The van der Waals surface area contributed by atoms with Crippen LogP contribution in [0.4, 0.5) is 26.3 Å². The summed E-state index contributed by atoms with van der Waals surface area (Å²) in [5.74, 6) is -8.59. The largest absolute Gasteiger partial charge is 0.463 e. The molecule has 4 aliphatic rings. The fourth-order valence-corrected chi connectivity index (χ4v) is 5.43. The van der Waals surface area contributed by atoms with Crippen LogP contribution < -0.4 is 0 Å². The zero-order chi connectivity index (χ0) is 33.6. The summed E-state index contributed by atoms with van der Waals surface area (Å²) in [6, 6.07) is 0. The third kappa shape index (κ3) is 7.08. The van der Waals surface area contributed by atoms with E-state index in [9.17, 15) is 50.3 Å². The van der Waals surface area contributed by atoms with Gasteiger partial charge in [0.1, 0.15) is 12.2 Å². The van der Waals surface area contributed by atoms with Crippen LogP contribution >= 0.6 is 0 Å². The monoisotopic (exact) mass is 646 g/mol. The molecule has 16 heteroatoms. The van der Waals surface area contributed by atoms with E-state index in [2.05, 4.69) is 4.74 Å². The minimum atomic E-state index is -5.87. The van der Waals surface area contributed by atoms with Gasteiger partial charge in [-0.3, -0.25) is 19.2 Å². The molecule has 4 rings (SSSR count). The minimum Gasteiger partial charge on any atom is -0.463 e. The van der Waals surface area contributed by atoms with Crippen molar-refractivity contribution in [3.8, 4) is 0 Å². The van der Waals surface area contributed by atoms with Crippen LogP contribution in [0.25, 0.3) is 0 Å². The van der Waals surface area contributed by atoms with Gasteiger partial charge >= 0.3 is 42.2 Å². The molecule has 4 fully saturated rings. The van der Waals surface area contributed by atoms with Crippen LogP contribution in [0.15, 0.2) is 0 Å². The van der Waals surface area contributed by atoms with Crippen molar-refractivity contribution in [3.63, 3.8) is 0 Å². The fraction of sp³-hybridized carbons (Fsp3) is 0.821. The molecule has 0 N–H and O–H groups in total. The first-order chi connectivity index (χ1) is 20.1. The summed E-state index contributed by atoms with van der Waals surface area (Å²) in [5, 5.41) is 0. The predicted octanol–water partition coefficient (Wildman–Crippen LogP) is 4.46. The Morgan fingerprint density at radius 2 is 1.36 bits per heavy atom. The lowest BCUT2D eigenvalue weighted by Gasteiger charge is -2.33. The van der Waals surface area contributed by atoms with Gasteiger partial charge in [-0.25, -0.2) is 4.79 Å². The fourth-order valence-electron chi connectivity index (χ4n) is 5.43. The first-order valence-corrected chi connectivity index (χ1v) is 14.2. The van der Waals surface area contributed by atoms with Crippen LogP contribution in [0.5, 0.6) is 0 Å². The van der Waals surface area contributed by atoms with E-state index in [1.54, 1.807) is 34.6 Å². The second kappa shape index (κ2) is 12.4. The van der Waals surface area contributed by atoms with E-state index in [-0.39, 0.29) is 12.4 Å². The Labute approximate surface area is 249 Å². The quantitative estimate of drug-likeness (QED) is 0.212. The van der Waals surface area contributed by atoms with Crippen molar-refractivity contribution in [2.75, 3.05) is 6.61 Å². The highest BCUT2D eigenvalue weighted by molar-refractivity contribution is 5.86. The number of hydrogen-bond donors (Lipinski definition) is 0. The standard InChI is InChI=1S/C18H20F6O6.C10H16O4/c1-4-16(2,3)15(27)29-11-7-5-6-8(12(25)28-10(6)11)9(7)13(26)30-14(17(19,20)21)18(22,23)24;1-4-10(2,3)9(12)14-7-5-6-13-8(7)11/h6-11,14H,4-5H2,1-3H3;7H,4-6H2,1-3H3. The number of cyclic esters (lactones) is 1. The highest BCUT2D eigenvalue weighted by atomic mass is 19.4. The van der Waals surface area contributed by atoms with Gasteiger partial charge in [0.05, 0.1) is 29.3 Å². The molecule has 0 aromatic carbocycles. The molecule has 7 unspecified atom stereocenters. The van der Waals surface area contributed by atoms with Gasteiger partial charge in [-0.05, 0) is 47.0 Å². The molecule has 2 saturated carbocycles. The molecule has 2 bridgehead atoms. The number of carbonyl (C=O) groups is 5. The van der Waals surface area contributed by atoms with Crippen molar-refractivity contribution in [3.05, 3.63) is 0 Å². The first-order valence-electron chi connectivity index (χ1n) is 14.2. The molecule has 2 aliphatic carbocycles. The Morgan fingerprint density at radius 1 is 0.841 bits per heavy atom. The lowest BCUT2D eigenvalue weighted by atomic mass is 9.78. The van der Waals surface area contributed by atoms with Gasteiger partial charge in [-0.15, -0.1) is 0 Å². The summed E-state index contributed by atoms with van der Waals surface area (Å²) in [5.41, 5.74) is -1.44. The SMILES string of the molecule is CCC(C)(C)C(=O)OC1C2CC3C1OC(=O)C3C2C(=O)OC(C(F)(F)F)C(F)(F)F.CCC(C)(C)C(=O)OC1CCOC1=O. The second-order valence-corrected chi connectivity index (χ2v) is 12.6. The lowest BCUT2D eigenvalue weighted by molar-refractivity contribution is -0.315. The summed E-state index contributed by atoms with van der Waals surface area (Å²) in [6.07, 6.45) is -17.1. The maximum absolute atomic E-state index is 12.8. The molecule has 0 aromatic heterocycles. The molecule has 44 heavy (non-hydrogen) atoms. The molecule has 2 aliphatic heterocycles. The number of fused-ring (bicyclic) bond motifs is 1. The molecule has 250 valence electrons. The van der Waals surface area contributed by atoms with Gasteiger partial charge in [0.15, 0.2) is 0 Å². The molecule has 7 atom stereocenters. The van der Waals surface area contributed by atoms with Crippen molar-refractivity contribution in [1.82, 2.24) is 0 Å². The Hall–Kier alpha value is -3.07. The van der Waals surface area contributed by atoms with Gasteiger partial charge in [0, 0.05) is 18.3 Å². The molecule has 2 saturated heterocycles. The third-order valence-corrected chi connectivity index (χ3v) is 8.90. The van der Waals surface area contributed by atoms with Crippen LogP contribution in [-0.2, 0) is 47.7 Å². The van der Waals surface area contributed by atoms with E-state index in [0.717, 1.165) is 0 Å². The van der Waals surface area contributed by atoms with Crippen LogP contribution in [0.1, 0.15) is 67.2 Å². The van der Waals surface area contributed by atoms with Gasteiger partial charge in [0.2, 0.25) is 6.10 Å². The molecule has 0 spiro atoms. The summed E-state index contributed by atoms with van der Waals surface area (Å²) < 4.78 is 101. The van der Waals surface area contributed by atoms with Crippen LogP contribution in [0, 0.1) is 34.5 Å². The van der Waals surface area contributed by atoms with Gasteiger partial charge in [0.25, 0.3) is 6.10 Å². The number of esters is 5. The third-order valence-electron chi connectivity index (χ3n) is 8.90. The van der Waals surface area contributed by atoms with Crippen molar-refractivity contribution in [2.24, 2.45) is 34.5 Å². The van der Waals surface area contributed by atoms with Gasteiger partial charge < -0.3 is 23.7 Å². The topological polar surface area (TPSA) is 132 Å². The number of halogens is 6. The number of hydrogen-bond acceptors (Lipinski definition) is 10. The Balaban J connectivity index is 0.000000317. The molecule has 10 nitrogen and oxygen atoms in total. The van der Waals surface area contributed by atoms with Gasteiger partial charge in [-0.1, -0.05) is 13.8 Å². The number of rotatable bonds is 8. The van der Waals surface area contributed by atoms with Crippen LogP contribution in [0.3, 0.4) is 0 Å². The molecule has 0 amide bonds. The average Bonchev–Trinajstić information content (AvgIpc) is 3.64. The maximum Gasteiger partial charge on any atom is 0.434 e. The van der Waals surface area contributed by atoms with Crippen molar-refractivity contribution in [2.45, 2.75) is 104 Å². The Bertz CT molecular complexity index is 1130. The molecule has 0 radical (unpaired) electrons. The zero-order valence-corrected chi connectivity index (χ0v) is 25.0. The minimum absolute atomic E-state index is 0.0913. The van der Waals surface area contributed by atoms with Gasteiger partial charge in [-0.2, -0.15) is 26.3 Å². The second-order valence-electron chi connectivity index (χ2n) is 12.6. The van der Waals surface area contributed by atoms with E-state index in [1.807, 2.05) is 6.92 Å². The summed E-state index contributed by atoms with van der Waals surface area (Å²) in [7, 11) is 0. The normalized spacial score (nSPS) is 29.5. The highest BCUT2D eigenvalue weighted by Gasteiger charge is 2.71. The van der Waals surface area contributed by atoms with Crippen molar-refractivity contribution < 1.29 is 74.0 Å². The van der Waals surface area contributed by atoms with E-state index >= 15 is 0 Å². The van der Waals surface area contributed by atoms with Crippen LogP contribution in [0.2, 0.25) is 0 Å². The van der Waals surface area contributed by atoms with E-state index in [4.69, 9.17) is 18.9 Å². The van der Waals surface area contributed by atoms with E-state index in [1.165, 1.54) is 0 Å².